The first-order valence-corrected chi connectivity index (χ1v) is 11.6. The summed E-state index contributed by atoms with van der Waals surface area (Å²) in [6, 6.07) is 10.3. The number of rotatable bonds is 5. The van der Waals surface area contributed by atoms with Crippen LogP contribution in [0.4, 0.5) is 0 Å². The lowest BCUT2D eigenvalue weighted by Crippen LogP contribution is -2.32. The predicted molar refractivity (Wildman–Crippen MR) is 115 cm³/mol. The van der Waals surface area contributed by atoms with Crippen LogP contribution in [-0.4, -0.2) is 47.9 Å². The zero-order valence-electron chi connectivity index (χ0n) is 18.1. The molecule has 3 heteroatoms. The monoisotopic (exact) mass is 382 g/mol. The molecule has 3 aliphatic rings. The third-order valence-corrected chi connectivity index (χ3v) is 7.69. The van der Waals surface area contributed by atoms with E-state index in [9.17, 15) is 4.79 Å². The molecule has 0 N–H and O–H groups in total. The maximum Gasteiger partial charge on any atom is 0.225 e. The highest BCUT2D eigenvalue weighted by Crippen LogP contribution is 2.45. The van der Waals surface area contributed by atoms with E-state index in [1.165, 1.54) is 56.3 Å². The zero-order chi connectivity index (χ0) is 19.7. The van der Waals surface area contributed by atoms with Gasteiger partial charge in [0.2, 0.25) is 5.91 Å². The highest BCUT2D eigenvalue weighted by atomic mass is 16.2. The van der Waals surface area contributed by atoms with Crippen LogP contribution in [0.2, 0.25) is 0 Å². The summed E-state index contributed by atoms with van der Waals surface area (Å²) >= 11 is 0. The first kappa shape index (κ1) is 19.9. The summed E-state index contributed by atoms with van der Waals surface area (Å²) in [5.74, 6) is 2.47. The molecule has 4 atom stereocenters. The number of hydrogen-bond donors (Lipinski definition) is 0. The van der Waals surface area contributed by atoms with Crippen LogP contribution in [0.5, 0.6) is 0 Å². The lowest BCUT2D eigenvalue weighted by atomic mass is 9.71. The van der Waals surface area contributed by atoms with Crippen LogP contribution in [-0.2, 0) is 11.2 Å². The molecule has 0 radical (unpaired) electrons. The second-order valence-corrected chi connectivity index (χ2v) is 9.88. The van der Waals surface area contributed by atoms with Crippen molar-refractivity contribution in [1.29, 1.82) is 0 Å². The Labute approximate surface area is 171 Å². The normalized spacial score (nSPS) is 30.8. The Hall–Kier alpha value is -1.35. The van der Waals surface area contributed by atoms with Crippen LogP contribution in [0.1, 0.15) is 69.9 Å². The van der Waals surface area contributed by atoms with Crippen LogP contribution in [0.25, 0.3) is 0 Å². The number of carbonyl (C=O) groups is 1. The second kappa shape index (κ2) is 8.57. The lowest BCUT2D eigenvalue weighted by molar-refractivity contribution is -0.133. The van der Waals surface area contributed by atoms with Crippen LogP contribution in [0.3, 0.4) is 0 Å². The standard InChI is InChI=1S/C25H38N2O/c1-18(2)25(28)27-16-22-7-4-8-23(24(22)17-27)21-11-9-20(10-12-21)13-15-26-14-5-6-19(26)3/h9-12,18-19,22-24H,4-8,13-17H2,1-3H3. The topological polar surface area (TPSA) is 23.6 Å². The third-order valence-electron chi connectivity index (χ3n) is 7.69. The van der Waals surface area contributed by atoms with Gasteiger partial charge in [-0.3, -0.25) is 4.79 Å². The van der Waals surface area contributed by atoms with Gasteiger partial charge in [-0.2, -0.15) is 0 Å². The van der Waals surface area contributed by atoms with Crippen molar-refractivity contribution in [2.75, 3.05) is 26.2 Å². The number of nitrogens with zero attached hydrogens (tertiary/aromatic N) is 2. The molecule has 2 aliphatic heterocycles. The molecule has 1 saturated carbocycles. The fourth-order valence-electron chi connectivity index (χ4n) is 5.96. The van der Waals surface area contributed by atoms with Crippen molar-refractivity contribution in [2.45, 2.75) is 71.3 Å². The molecule has 1 aromatic rings. The Bertz CT molecular complexity index is 668. The summed E-state index contributed by atoms with van der Waals surface area (Å²) in [5, 5.41) is 0. The van der Waals surface area contributed by atoms with E-state index in [1.807, 2.05) is 13.8 Å². The second-order valence-electron chi connectivity index (χ2n) is 9.88. The van der Waals surface area contributed by atoms with Crippen LogP contribution >= 0.6 is 0 Å². The van der Waals surface area contributed by atoms with E-state index in [1.54, 1.807) is 0 Å². The average molecular weight is 383 g/mol. The smallest absolute Gasteiger partial charge is 0.225 e. The summed E-state index contributed by atoms with van der Waals surface area (Å²) in [5.41, 5.74) is 2.98. The molecule has 1 amide bonds. The molecular weight excluding hydrogens is 344 g/mol. The van der Waals surface area contributed by atoms with Crippen molar-refractivity contribution in [1.82, 2.24) is 9.80 Å². The number of fused-ring (bicyclic) bond motifs is 1. The molecule has 0 aromatic heterocycles. The van der Waals surface area contributed by atoms with Crippen molar-refractivity contribution in [3.05, 3.63) is 35.4 Å². The van der Waals surface area contributed by atoms with Gasteiger partial charge in [-0.1, -0.05) is 44.5 Å². The van der Waals surface area contributed by atoms with E-state index in [-0.39, 0.29) is 5.92 Å². The number of amides is 1. The number of carbonyl (C=O) groups excluding carboxylic acids is 1. The molecule has 1 aromatic carbocycles. The molecule has 28 heavy (non-hydrogen) atoms. The Balaban J connectivity index is 1.38. The van der Waals surface area contributed by atoms with Crippen molar-refractivity contribution in [3.63, 3.8) is 0 Å². The van der Waals surface area contributed by atoms with Gasteiger partial charge in [-0.05, 0) is 74.5 Å². The highest BCUT2D eigenvalue weighted by molar-refractivity contribution is 5.78. The first-order chi connectivity index (χ1) is 13.5. The minimum Gasteiger partial charge on any atom is -0.342 e. The summed E-state index contributed by atoms with van der Waals surface area (Å²) < 4.78 is 0. The largest absolute Gasteiger partial charge is 0.342 e. The average Bonchev–Trinajstić information content (AvgIpc) is 3.31. The fourth-order valence-corrected chi connectivity index (χ4v) is 5.96. The Kier molecular flexibility index (Phi) is 6.10. The maximum atomic E-state index is 12.5. The minimum absolute atomic E-state index is 0.121. The number of likely N-dealkylation sites (tertiary alicyclic amines) is 2. The quantitative estimate of drug-likeness (QED) is 0.736. The third kappa shape index (κ3) is 4.15. The molecule has 0 spiro atoms. The van der Waals surface area contributed by atoms with E-state index in [4.69, 9.17) is 0 Å². The fraction of sp³-hybridized carbons (Fsp3) is 0.720. The molecule has 2 saturated heterocycles. The van der Waals surface area contributed by atoms with E-state index in [0.29, 0.717) is 23.7 Å². The maximum absolute atomic E-state index is 12.5. The molecular formula is C25H38N2O. The zero-order valence-corrected chi connectivity index (χ0v) is 18.1. The minimum atomic E-state index is 0.121. The van der Waals surface area contributed by atoms with Gasteiger partial charge in [0.05, 0.1) is 0 Å². The van der Waals surface area contributed by atoms with Crippen molar-refractivity contribution in [2.24, 2.45) is 17.8 Å². The summed E-state index contributed by atoms with van der Waals surface area (Å²) in [6.45, 7) is 10.9. The Morgan fingerprint density at radius 3 is 2.54 bits per heavy atom. The van der Waals surface area contributed by atoms with Gasteiger partial charge >= 0.3 is 0 Å². The molecule has 3 fully saturated rings. The van der Waals surface area contributed by atoms with Gasteiger partial charge in [0, 0.05) is 31.6 Å². The molecule has 4 unspecified atom stereocenters. The molecule has 2 heterocycles. The van der Waals surface area contributed by atoms with Gasteiger partial charge < -0.3 is 9.80 Å². The Morgan fingerprint density at radius 2 is 1.86 bits per heavy atom. The molecule has 4 rings (SSSR count). The summed E-state index contributed by atoms with van der Waals surface area (Å²) in [7, 11) is 0. The van der Waals surface area contributed by atoms with Gasteiger partial charge in [-0.25, -0.2) is 0 Å². The summed E-state index contributed by atoms with van der Waals surface area (Å²) in [4.78, 5) is 17.3. The van der Waals surface area contributed by atoms with Gasteiger partial charge in [0.25, 0.3) is 0 Å². The van der Waals surface area contributed by atoms with Crippen molar-refractivity contribution in [3.8, 4) is 0 Å². The van der Waals surface area contributed by atoms with Crippen molar-refractivity contribution >= 4 is 5.91 Å². The van der Waals surface area contributed by atoms with Crippen LogP contribution < -0.4 is 0 Å². The van der Waals surface area contributed by atoms with E-state index < -0.39 is 0 Å². The number of hydrogen-bond acceptors (Lipinski definition) is 2. The predicted octanol–water partition coefficient (Wildman–Crippen LogP) is 4.71. The van der Waals surface area contributed by atoms with Crippen LogP contribution in [0, 0.1) is 17.8 Å². The van der Waals surface area contributed by atoms with E-state index in [0.717, 1.165) is 25.6 Å². The molecule has 0 bridgehead atoms. The van der Waals surface area contributed by atoms with E-state index >= 15 is 0 Å². The van der Waals surface area contributed by atoms with E-state index in [2.05, 4.69) is 41.0 Å². The summed E-state index contributed by atoms with van der Waals surface area (Å²) in [6.07, 6.45) is 7.78. The SMILES string of the molecule is CC(C)C(=O)N1CC2CCCC(c3ccc(CCN4CCCC4C)cc3)C2C1. The molecule has 1 aliphatic carbocycles. The molecule has 154 valence electrons. The molecule has 3 nitrogen and oxygen atoms in total. The first-order valence-electron chi connectivity index (χ1n) is 11.6. The van der Waals surface area contributed by atoms with Gasteiger partial charge in [0.1, 0.15) is 0 Å². The highest BCUT2D eigenvalue weighted by Gasteiger charge is 2.42. The van der Waals surface area contributed by atoms with Gasteiger partial charge in [-0.15, -0.1) is 0 Å². The number of benzene rings is 1. The lowest BCUT2D eigenvalue weighted by Gasteiger charge is -2.33. The van der Waals surface area contributed by atoms with Crippen molar-refractivity contribution < 1.29 is 4.79 Å². The van der Waals surface area contributed by atoms with Crippen LogP contribution in [0.15, 0.2) is 24.3 Å². The Morgan fingerprint density at radius 1 is 1.07 bits per heavy atom. The van der Waals surface area contributed by atoms with Gasteiger partial charge in [0.15, 0.2) is 0 Å².